The van der Waals surface area contributed by atoms with E-state index in [1.54, 1.807) is 36.4 Å². The summed E-state index contributed by atoms with van der Waals surface area (Å²) < 4.78 is 10.5. The summed E-state index contributed by atoms with van der Waals surface area (Å²) in [5.74, 6) is 0.298. The zero-order chi connectivity index (χ0) is 14.8. The lowest BCUT2D eigenvalue weighted by Gasteiger charge is -2.11. The molecule has 1 heterocycles. The Labute approximate surface area is 126 Å². The summed E-state index contributed by atoms with van der Waals surface area (Å²) >= 11 is 5.29. The number of anilines is 1. The molecule has 5 nitrogen and oxygen atoms in total. The summed E-state index contributed by atoms with van der Waals surface area (Å²) in [4.78, 5) is 11.5. The molecule has 0 fully saturated rings. The van der Waals surface area contributed by atoms with Crippen molar-refractivity contribution in [2.75, 3.05) is 12.1 Å². The molecule has 0 amide bonds. The van der Waals surface area contributed by atoms with Crippen molar-refractivity contribution in [3.8, 4) is 11.5 Å². The van der Waals surface area contributed by atoms with Crippen LogP contribution in [0.1, 0.15) is 15.9 Å². The first kappa shape index (κ1) is 13.4. The summed E-state index contributed by atoms with van der Waals surface area (Å²) in [5.41, 5.74) is 1.35. The van der Waals surface area contributed by atoms with Crippen LogP contribution in [0.25, 0.3) is 0 Å². The van der Waals surface area contributed by atoms with Gasteiger partial charge in [0.25, 0.3) is 0 Å². The highest BCUT2D eigenvalue weighted by atomic mass is 32.1. The molecule has 0 spiro atoms. The Bertz CT molecular complexity index is 729. The normalized spacial score (nSPS) is 12.0. The smallest absolute Gasteiger partial charge is 0.336 e. The van der Waals surface area contributed by atoms with Crippen molar-refractivity contribution in [2.24, 2.45) is 0 Å². The molecular weight excluding hydrogens is 290 g/mol. The van der Waals surface area contributed by atoms with Gasteiger partial charge in [0.15, 0.2) is 11.5 Å². The van der Waals surface area contributed by atoms with E-state index in [2.05, 4.69) is 5.32 Å². The number of ether oxygens (including phenoxy) is 2. The number of aromatic carboxylic acids is 1. The Morgan fingerprint density at radius 2 is 1.81 bits per heavy atom. The lowest BCUT2D eigenvalue weighted by Crippen LogP contribution is -2.15. The SMILES string of the molecule is O=C(O)c1ccccc1C(=S)Nc1ccc2c(c1)OCO2. The van der Waals surface area contributed by atoms with Crippen LogP contribution in [0.15, 0.2) is 42.5 Å². The zero-order valence-electron chi connectivity index (χ0n) is 10.8. The van der Waals surface area contributed by atoms with E-state index in [4.69, 9.17) is 21.7 Å². The number of nitrogens with one attached hydrogen (secondary N) is 1. The highest BCUT2D eigenvalue weighted by molar-refractivity contribution is 7.81. The van der Waals surface area contributed by atoms with Gasteiger partial charge in [0, 0.05) is 17.3 Å². The van der Waals surface area contributed by atoms with Crippen LogP contribution in [-0.4, -0.2) is 22.9 Å². The number of thiocarbonyl (C=S) groups is 1. The van der Waals surface area contributed by atoms with Gasteiger partial charge in [-0.25, -0.2) is 4.79 Å². The van der Waals surface area contributed by atoms with Crippen LogP contribution in [0.5, 0.6) is 11.5 Å². The molecule has 0 bridgehead atoms. The number of carboxylic acids is 1. The lowest BCUT2D eigenvalue weighted by atomic mass is 10.1. The van der Waals surface area contributed by atoms with Crippen LogP contribution in [0.3, 0.4) is 0 Å². The predicted octanol–water partition coefficient (Wildman–Crippen LogP) is 2.90. The maximum atomic E-state index is 11.2. The predicted molar refractivity (Wildman–Crippen MR) is 81.3 cm³/mol. The van der Waals surface area contributed by atoms with E-state index in [-0.39, 0.29) is 12.4 Å². The Kier molecular flexibility index (Phi) is 3.45. The first-order chi connectivity index (χ1) is 10.1. The second-order valence-electron chi connectivity index (χ2n) is 4.37. The third kappa shape index (κ3) is 2.66. The summed E-state index contributed by atoms with van der Waals surface area (Å²) in [5, 5.41) is 12.2. The summed E-state index contributed by atoms with van der Waals surface area (Å²) in [6.45, 7) is 0.199. The second kappa shape index (κ2) is 5.41. The molecule has 3 rings (SSSR count). The van der Waals surface area contributed by atoms with Crippen molar-refractivity contribution >= 4 is 28.9 Å². The lowest BCUT2D eigenvalue weighted by molar-refractivity contribution is 0.0696. The van der Waals surface area contributed by atoms with Gasteiger partial charge < -0.3 is 19.9 Å². The fourth-order valence-electron chi connectivity index (χ4n) is 2.04. The van der Waals surface area contributed by atoms with Gasteiger partial charge in [0.05, 0.1) is 5.56 Å². The molecule has 0 saturated carbocycles. The zero-order valence-corrected chi connectivity index (χ0v) is 11.6. The molecular formula is C15H11NO4S. The van der Waals surface area contributed by atoms with Crippen molar-refractivity contribution in [3.63, 3.8) is 0 Å². The molecule has 0 radical (unpaired) electrons. The standard InChI is InChI=1S/C15H11NO4S/c17-15(18)11-4-2-1-3-10(11)14(21)16-9-5-6-12-13(7-9)20-8-19-12/h1-7H,8H2,(H,16,21)(H,17,18). The first-order valence-electron chi connectivity index (χ1n) is 6.18. The molecule has 0 unspecified atom stereocenters. The molecule has 1 aliphatic heterocycles. The quantitative estimate of drug-likeness (QED) is 0.850. The minimum Gasteiger partial charge on any atom is -0.478 e. The summed E-state index contributed by atoms with van der Waals surface area (Å²) in [7, 11) is 0. The van der Waals surface area contributed by atoms with E-state index < -0.39 is 5.97 Å². The number of fused-ring (bicyclic) bond motifs is 1. The van der Waals surface area contributed by atoms with Crippen LogP contribution < -0.4 is 14.8 Å². The average Bonchev–Trinajstić information content (AvgIpc) is 2.94. The van der Waals surface area contributed by atoms with Crippen molar-refractivity contribution in [3.05, 3.63) is 53.6 Å². The summed E-state index contributed by atoms with van der Waals surface area (Å²) in [6, 6.07) is 11.9. The van der Waals surface area contributed by atoms with Gasteiger partial charge >= 0.3 is 5.97 Å². The Hall–Kier alpha value is -2.60. The Morgan fingerprint density at radius 1 is 1.10 bits per heavy atom. The average molecular weight is 301 g/mol. The maximum Gasteiger partial charge on any atom is 0.336 e. The summed E-state index contributed by atoms with van der Waals surface area (Å²) in [6.07, 6.45) is 0. The largest absolute Gasteiger partial charge is 0.478 e. The number of hydrogen-bond donors (Lipinski definition) is 2. The number of hydrogen-bond acceptors (Lipinski definition) is 4. The van der Waals surface area contributed by atoms with Crippen LogP contribution in [-0.2, 0) is 0 Å². The van der Waals surface area contributed by atoms with E-state index in [1.165, 1.54) is 6.07 Å². The van der Waals surface area contributed by atoms with Gasteiger partial charge in [-0.05, 0) is 18.2 Å². The van der Waals surface area contributed by atoms with Gasteiger partial charge in [-0.2, -0.15) is 0 Å². The van der Waals surface area contributed by atoms with E-state index in [1.807, 2.05) is 0 Å². The Balaban J connectivity index is 1.85. The van der Waals surface area contributed by atoms with Crippen molar-refractivity contribution in [1.29, 1.82) is 0 Å². The fraction of sp³-hybridized carbons (Fsp3) is 0.0667. The minimum absolute atomic E-state index is 0.163. The first-order valence-corrected chi connectivity index (χ1v) is 6.59. The molecule has 0 aliphatic carbocycles. The van der Waals surface area contributed by atoms with Gasteiger partial charge in [-0.3, -0.25) is 0 Å². The highest BCUT2D eigenvalue weighted by Crippen LogP contribution is 2.34. The molecule has 2 aromatic rings. The molecule has 106 valence electrons. The molecule has 1 aliphatic rings. The van der Waals surface area contributed by atoms with Gasteiger partial charge in [-0.15, -0.1) is 0 Å². The third-order valence-corrected chi connectivity index (χ3v) is 3.35. The topological polar surface area (TPSA) is 67.8 Å². The van der Waals surface area contributed by atoms with E-state index in [0.717, 1.165) is 0 Å². The van der Waals surface area contributed by atoms with Gasteiger partial charge in [0.1, 0.15) is 4.99 Å². The molecule has 6 heteroatoms. The molecule has 2 aromatic carbocycles. The molecule has 21 heavy (non-hydrogen) atoms. The van der Waals surface area contributed by atoms with Crippen LogP contribution in [0.2, 0.25) is 0 Å². The maximum absolute atomic E-state index is 11.2. The van der Waals surface area contributed by atoms with Crippen molar-refractivity contribution in [2.45, 2.75) is 0 Å². The van der Waals surface area contributed by atoms with Crippen LogP contribution in [0.4, 0.5) is 5.69 Å². The van der Waals surface area contributed by atoms with Crippen LogP contribution in [0, 0.1) is 0 Å². The fourth-order valence-corrected chi connectivity index (χ4v) is 2.34. The second-order valence-corrected chi connectivity index (χ2v) is 4.78. The van der Waals surface area contributed by atoms with Crippen molar-refractivity contribution < 1.29 is 19.4 Å². The van der Waals surface area contributed by atoms with E-state index in [0.29, 0.717) is 27.7 Å². The monoisotopic (exact) mass is 301 g/mol. The number of carboxylic acid groups (broad SMARTS) is 1. The number of carbonyl (C=O) groups is 1. The van der Waals surface area contributed by atoms with E-state index in [9.17, 15) is 9.90 Å². The highest BCUT2D eigenvalue weighted by Gasteiger charge is 2.16. The third-order valence-electron chi connectivity index (χ3n) is 3.03. The molecule has 2 N–H and O–H groups in total. The number of benzene rings is 2. The van der Waals surface area contributed by atoms with Gasteiger partial charge in [-0.1, -0.05) is 30.4 Å². The molecule has 0 atom stereocenters. The number of rotatable bonds is 3. The molecule has 0 saturated heterocycles. The Morgan fingerprint density at radius 3 is 2.57 bits per heavy atom. The minimum atomic E-state index is -1.01. The van der Waals surface area contributed by atoms with Crippen LogP contribution >= 0.6 is 12.2 Å². The van der Waals surface area contributed by atoms with Crippen molar-refractivity contribution in [1.82, 2.24) is 0 Å². The molecule has 0 aromatic heterocycles. The van der Waals surface area contributed by atoms with E-state index >= 15 is 0 Å². The van der Waals surface area contributed by atoms with Gasteiger partial charge in [0.2, 0.25) is 6.79 Å².